The van der Waals surface area contributed by atoms with Gasteiger partial charge in [-0.25, -0.2) is 4.99 Å². The molecule has 5 rings (SSSR count). The van der Waals surface area contributed by atoms with Crippen molar-refractivity contribution in [1.29, 1.82) is 0 Å². The number of carbonyl (C=O) groups excluding carboxylic acids is 1. The second kappa shape index (κ2) is 8.92. The van der Waals surface area contributed by atoms with Crippen LogP contribution >= 0.6 is 11.6 Å². The molecule has 180 valence electrons. The Labute approximate surface area is 205 Å². The monoisotopic (exact) mass is 499 g/mol. The highest BCUT2D eigenvalue weighted by atomic mass is 35.5. The van der Waals surface area contributed by atoms with Gasteiger partial charge < -0.3 is 14.5 Å². The number of aliphatic imine (C=N–C) groups is 1. The van der Waals surface area contributed by atoms with E-state index in [9.17, 15) is 18.0 Å². The fourth-order valence-electron chi connectivity index (χ4n) is 4.35. The van der Waals surface area contributed by atoms with Gasteiger partial charge in [0.15, 0.2) is 5.75 Å². The molecule has 9 heteroatoms. The molecule has 1 amide bonds. The Bertz CT molecular complexity index is 1310. The van der Waals surface area contributed by atoms with Crippen molar-refractivity contribution in [3.05, 3.63) is 88.4 Å². The third-order valence-corrected chi connectivity index (χ3v) is 6.39. The molecular weight excluding hydrogens is 479 g/mol. The van der Waals surface area contributed by atoms with Gasteiger partial charge in [-0.15, -0.1) is 0 Å². The average Bonchev–Trinajstić information content (AvgIpc) is 3.00. The predicted molar refractivity (Wildman–Crippen MR) is 128 cm³/mol. The Balaban J connectivity index is 1.45. The van der Waals surface area contributed by atoms with E-state index in [1.54, 1.807) is 36.4 Å². The van der Waals surface area contributed by atoms with Gasteiger partial charge in [0, 0.05) is 36.3 Å². The molecule has 0 spiro atoms. The number of benzene rings is 3. The molecule has 1 unspecified atom stereocenters. The van der Waals surface area contributed by atoms with Gasteiger partial charge in [-0.1, -0.05) is 23.7 Å². The third kappa shape index (κ3) is 4.58. The largest absolute Gasteiger partial charge is 0.454 e. The maximum atomic E-state index is 13.3. The van der Waals surface area contributed by atoms with E-state index in [-0.39, 0.29) is 17.7 Å². The summed E-state index contributed by atoms with van der Waals surface area (Å²) >= 11 is 5.95. The summed E-state index contributed by atoms with van der Waals surface area (Å²) in [6.45, 7) is 3.43. The lowest BCUT2D eigenvalue weighted by atomic mass is 10.1. The van der Waals surface area contributed by atoms with E-state index in [0.29, 0.717) is 53.1 Å². The minimum atomic E-state index is -4.49. The summed E-state index contributed by atoms with van der Waals surface area (Å²) in [5.41, 5.74) is 0.767. The average molecular weight is 500 g/mol. The van der Waals surface area contributed by atoms with Crippen LogP contribution in [0.2, 0.25) is 5.02 Å². The smallest absolute Gasteiger partial charge is 0.416 e. The quantitative estimate of drug-likeness (QED) is 0.390. The molecule has 0 bridgehead atoms. The van der Waals surface area contributed by atoms with E-state index < -0.39 is 11.7 Å². The summed E-state index contributed by atoms with van der Waals surface area (Å²) in [4.78, 5) is 21.6. The Kier molecular flexibility index (Phi) is 5.92. The number of carbonyl (C=O) groups is 1. The summed E-state index contributed by atoms with van der Waals surface area (Å²) in [6, 6.07) is 17.1. The zero-order chi connectivity index (χ0) is 24.7. The molecule has 1 saturated heterocycles. The van der Waals surface area contributed by atoms with Crippen molar-refractivity contribution in [2.45, 2.75) is 19.1 Å². The van der Waals surface area contributed by atoms with E-state index in [4.69, 9.17) is 21.3 Å². The maximum Gasteiger partial charge on any atom is 0.416 e. The number of alkyl halides is 3. The van der Waals surface area contributed by atoms with Crippen molar-refractivity contribution >= 4 is 29.0 Å². The molecule has 3 aromatic rings. The van der Waals surface area contributed by atoms with Crippen LogP contribution < -0.4 is 4.74 Å². The molecule has 0 N–H and O–H groups in total. The topological polar surface area (TPSA) is 45.1 Å². The Morgan fingerprint density at radius 2 is 1.77 bits per heavy atom. The summed E-state index contributed by atoms with van der Waals surface area (Å²) < 4.78 is 45.7. The van der Waals surface area contributed by atoms with Crippen LogP contribution in [-0.4, -0.2) is 47.2 Å². The van der Waals surface area contributed by atoms with Gasteiger partial charge in [0.1, 0.15) is 17.3 Å². The van der Waals surface area contributed by atoms with Gasteiger partial charge in [0.2, 0.25) is 0 Å². The first-order valence-electron chi connectivity index (χ1n) is 11.1. The summed E-state index contributed by atoms with van der Waals surface area (Å²) in [6.07, 6.45) is -4.49. The standard InChI is InChI=1S/C26H21ClF3N3O2/c1-16-15-32(12-13-33(16)25(34)17-6-9-19(27)10-7-17)24-20-4-2-3-5-22(20)35-23-14-18(26(28,29)30)8-11-21(23)31-24/h2-11,14,16H,12-13,15H2,1H3. The van der Waals surface area contributed by atoms with Crippen LogP contribution in [0, 0.1) is 0 Å². The van der Waals surface area contributed by atoms with Crippen molar-refractivity contribution in [2.24, 2.45) is 4.99 Å². The third-order valence-electron chi connectivity index (χ3n) is 6.14. The minimum absolute atomic E-state index is 0.0480. The molecule has 2 heterocycles. The SMILES string of the molecule is CC1CN(C2=Nc3ccc(C(F)(F)F)cc3Oc3ccccc32)CCN1C(=O)c1ccc(Cl)cc1. The number of rotatable bonds is 1. The van der Waals surface area contributed by atoms with E-state index in [1.165, 1.54) is 6.07 Å². The van der Waals surface area contributed by atoms with Crippen LogP contribution in [-0.2, 0) is 6.18 Å². The number of halogens is 4. The second-order valence-corrected chi connectivity index (χ2v) is 8.95. The first kappa shape index (κ1) is 23.2. The molecule has 0 radical (unpaired) electrons. The molecule has 2 aliphatic rings. The lowest BCUT2D eigenvalue weighted by Crippen LogP contribution is -2.55. The number of amides is 1. The van der Waals surface area contributed by atoms with Gasteiger partial charge in [0.25, 0.3) is 5.91 Å². The van der Waals surface area contributed by atoms with E-state index in [0.717, 1.165) is 12.1 Å². The van der Waals surface area contributed by atoms with Gasteiger partial charge >= 0.3 is 6.18 Å². The molecule has 0 aliphatic carbocycles. The van der Waals surface area contributed by atoms with E-state index in [1.807, 2.05) is 28.9 Å². The number of hydrogen-bond acceptors (Lipinski definition) is 4. The van der Waals surface area contributed by atoms with Crippen molar-refractivity contribution < 1.29 is 22.7 Å². The number of piperazine rings is 1. The zero-order valence-corrected chi connectivity index (χ0v) is 19.5. The van der Waals surface area contributed by atoms with Gasteiger partial charge in [-0.2, -0.15) is 13.2 Å². The van der Waals surface area contributed by atoms with Crippen LogP contribution in [0.1, 0.15) is 28.4 Å². The lowest BCUT2D eigenvalue weighted by Gasteiger charge is -2.41. The van der Waals surface area contributed by atoms with Gasteiger partial charge in [-0.05, 0) is 61.5 Å². The second-order valence-electron chi connectivity index (χ2n) is 8.51. The highest BCUT2D eigenvalue weighted by Crippen LogP contribution is 2.42. The summed E-state index contributed by atoms with van der Waals surface area (Å²) in [7, 11) is 0. The fraction of sp³-hybridized carbons (Fsp3) is 0.231. The van der Waals surface area contributed by atoms with Crippen LogP contribution in [0.15, 0.2) is 71.7 Å². The summed E-state index contributed by atoms with van der Waals surface area (Å²) in [5, 5.41) is 0.564. The van der Waals surface area contributed by atoms with Crippen molar-refractivity contribution in [3.8, 4) is 11.5 Å². The molecule has 0 saturated carbocycles. The van der Waals surface area contributed by atoms with Crippen molar-refractivity contribution in [2.75, 3.05) is 19.6 Å². The fourth-order valence-corrected chi connectivity index (χ4v) is 4.47. The number of amidine groups is 1. The van der Waals surface area contributed by atoms with E-state index in [2.05, 4.69) is 0 Å². The molecule has 0 aromatic heterocycles. The highest BCUT2D eigenvalue weighted by molar-refractivity contribution is 6.30. The first-order chi connectivity index (χ1) is 16.7. The number of hydrogen-bond donors (Lipinski definition) is 0. The van der Waals surface area contributed by atoms with Crippen LogP contribution in [0.5, 0.6) is 11.5 Å². The number of nitrogens with zero attached hydrogens (tertiary/aromatic N) is 3. The molecular formula is C26H21ClF3N3O2. The van der Waals surface area contributed by atoms with Crippen molar-refractivity contribution in [1.82, 2.24) is 9.80 Å². The minimum Gasteiger partial charge on any atom is -0.454 e. The predicted octanol–water partition coefficient (Wildman–Crippen LogP) is 6.39. The van der Waals surface area contributed by atoms with Crippen LogP contribution in [0.4, 0.5) is 18.9 Å². The number of para-hydroxylation sites is 1. The molecule has 1 fully saturated rings. The summed E-state index contributed by atoms with van der Waals surface area (Å²) in [5.74, 6) is 0.999. The van der Waals surface area contributed by atoms with Crippen molar-refractivity contribution in [3.63, 3.8) is 0 Å². The zero-order valence-electron chi connectivity index (χ0n) is 18.7. The Hall–Kier alpha value is -3.52. The molecule has 35 heavy (non-hydrogen) atoms. The molecule has 1 atom stereocenters. The van der Waals surface area contributed by atoms with Crippen LogP contribution in [0.25, 0.3) is 0 Å². The number of fused-ring (bicyclic) bond motifs is 2. The van der Waals surface area contributed by atoms with Gasteiger partial charge in [-0.3, -0.25) is 4.79 Å². The molecule has 2 aliphatic heterocycles. The molecule has 3 aromatic carbocycles. The lowest BCUT2D eigenvalue weighted by molar-refractivity contribution is -0.137. The Morgan fingerprint density at radius 3 is 2.49 bits per heavy atom. The number of ether oxygens (including phenoxy) is 1. The highest BCUT2D eigenvalue weighted by Gasteiger charge is 2.34. The van der Waals surface area contributed by atoms with Gasteiger partial charge in [0.05, 0.1) is 11.1 Å². The maximum absolute atomic E-state index is 13.3. The normalized spacial score (nSPS) is 17.6. The molecule has 5 nitrogen and oxygen atoms in total. The van der Waals surface area contributed by atoms with E-state index >= 15 is 0 Å². The first-order valence-corrected chi connectivity index (χ1v) is 11.5. The Morgan fingerprint density at radius 1 is 1.03 bits per heavy atom. The van der Waals surface area contributed by atoms with Crippen LogP contribution in [0.3, 0.4) is 0 Å².